The van der Waals surface area contributed by atoms with Crippen molar-refractivity contribution in [2.24, 2.45) is 0 Å². The van der Waals surface area contributed by atoms with Crippen LogP contribution in [-0.2, 0) is 4.75 Å². The van der Waals surface area contributed by atoms with Crippen LogP contribution in [0, 0.1) is 11.6 Å². The summed E-state index contributed by atoms with van der Waals surface area (Å²) in [5.41, 5.74) is 0.409. The minimum atomic E-state index is -0.572. The monoisotopic (exact) mass is 188 g/mol. The number of hydrogen-bond acceptors (Lipinski definition) is 1. The van der Waals surface area contributed by atoms with Crippen molar-refractivity contribution >= 4 is 12.6 Å². The molecule has 0 amide bonds. The summed E-state index contributed by atoms with van der Waals surface area (Å²) in [6.07, 6.45) is 0. The summed E-state index contributed by atoms with van der Waals surface area (Å²) in [5.74, 6) is -1.11. The van der Waals surface area contributed by atoms with E-state index in [-0.39, 0.29) is 0 Å². The lowest BCUT2D eigenvalue weighted by Crippen LogP contribution is -2.10. The Morgan fingerprint density at radius 1 is 1.25 bits per heavy atom. The first kappa shape index (κ1) is 9.52. The van der Waals surface area contributed by atoms with Crippen molar-refractivity contribution in [3.8, 4) is 0 Å². The molecule has 1 aromatic carbocycles. The molecular weight excluding hydrogens is 178 g/mol. The molecule has 0 aliphatic heterocycles. The normalized spacial score (nSPS) is 11.8. The van der Waals surface area contributed by atoms with E-state index in [1.807, 2.05) is 0 Å². The topological polar surface area (TPSA) is 0 Å². The van der Waals surface area contributed by atoms with Crippen LogP contribution in [0.4, 0.5) is 8.78 Å². The van der Waals surface area contributed by atoms with Crippen molar-refractivity contribution < 1.29 is 8.78 Å². The van der Waals surface area contributed by atoms with E-state index >= 15 is 0 Å². The third-order valence-electron chi connectivity index (χ3n) is 1.59. The van der Waals surface area contributed by atoms with Gasteiger partial charge in [0.25, 0.3) is 0 Å². The highest BCUT2D eigenvalue weighted by molar-refractivity contribution is 7.81. The first-order valence-electron chi connectivity index (χ1n) is 3.59. The Kier molecular flexibility index (Phi) is 2.42. The standard InChI is InChI=1S/C9H10F2S/c1-9(2,12)7-4-3-6(10)5-8(7)11/h3-5,12H,1-2H3. The van der Waals surface area contributed by atoms with Gasteiger partial charge in [0.1, 0.15) is 11.6 Å². The van der Waals surface area contributed by atoms with Crippen LogP contribution in [0.3, 0.4) is 0 Å². The van der Waals surface area contributed by atoms with Gasteiger partial charge in [0, 0.05) is 16.4 Å². The Morgan fingerprint density at radius 2 is 1.83 bits per heavy atom. The third kappa shape index (κ3) is 1.97. The van der Waals surface area contributed by atoms with Gasteiger partial charge in [-0.05, 0) is 19.9 Å². The van der Waals surface area contributed by atoms with E-state index in [0.717, 1.165) is 6.07 Å². The fraction of sp³-hybridized carbons (Fsp3) is 0.333. The summed E-state index contributed by atoms with van der Waals surface area (Å²) < 4.78 is 25.0. The van der Waals surface area contributed by atoms with Crippen LogP contribution >= 0.6 is 12.6 Å². The highest BCUT2D eigenvalue weighted by Gasteiger charge is 2.19. The molecule has 1 rings (SSSR count). The lowest BCUT2D eigenvalue weighted by molar-refractivity contribution is 0.558. The Bertz CT molecular complexity index is 289. The van der Waals surface area contributed by atoms with Gasteiger partial charge < -0.3 is 0 Å². The van der Waals surface area contributed by atoms with Crippen molar-refractivity contribution in [2.45, 2.75) is 18.6 Å². The molecule has 0 saturated carbocycles. The molecular formula is C9H10F2S. The number of benzene rings is 1. The van der Waals surface area contributed by atoms with Gasteiger partial charge in [0.15, 0.2) is 0 Å². The first-order valence-corrected chi connectivity index (χ1v) is 4.04. The molecule has 0 aliphatic carbocycles. The van der Waals surface area contributed by atoms with Crippen LogP contribution in [-0.4, -0.2) is 0 Å². The predicted octanol–water partition coefficient (Wildman–Crippen LogP) is 3.13. The highest BCUT2D eigenvalue weighted by Crippen LogP contribution is 2.29. The summed E-state index contributed by atoms with van der Waals surface area (Å²) in [7, 11) is 0. The second-order valence-corrected chi connectivity index (χ2v) is 4.30. The Labute approximate surface area is 76.0 Å². The second-order valence-electron chi connectivity index (χ2n) is 3.18. The average molecular weight is 188 g/mol. The molecule has 0 bridgehead atoms. The smallest absolute Gasteiger partial charge is 0.130 e. The van der Waals surface area contributed by atoms with Gasteiger partial charge in [-0.3, -0.25) is 0 Å². The maximum Gasteiger partial charge on any atom is 0.130 e. The van der Waals surface area contributed by atoms with E-state index < -0.39 is 16.4 Å². The molecule has 3 heteroatoms. The van der Waals surface area contributed by atoms with Crippen molar-refractivity contribution in [3.05, 3.63) is 35.4 Å². The summed E-state index contributed by atoms with van der Waals surface area (Å²) in [5, 5.41) is 0. The molecule has 0 aromatic heterocycles. The van der Waals surface area contributed by atoms with E-state index in [1.165, 1.54) is 12.1 Å². The van der Waals surface area contributed by atoms with Crippen molar-refractivity contribution in [1.29, 1.82) is 0 Å². The van der Waals surface area contributed by atoms with Crippen molar-refractivity contribution in [1.82, 2.24) is 0 Å². The Morgan fingerprint density at radius 3 is 2.25 bits per heavy atom. The molecule has 0 nitrogen and oxygen atoms in total. The summed E-state index contributed by atoms with van der Waals surface area (Å²) in [4.78, 5) is 0. The molecule has 0 aliphatic rings. The lowest BCUT2D eigenvalue weighted by atomic mass is 10.0. The Hall–Kier alpha value is -0.570. The number of rotatable bonds is 1. The average Bonchev–Trinajstić information content (AvgIpc) is 1.83. The maximum absolute atomic E-state index is 13.1. The van der Waals surface area contributed by atoms with Gasteiger partial charge in [-0.2, -0.15) is 12.6 Å². The van der Waals surface area contributed by atoms with Crippen molar-refractivity contribution in [2.75, 3.05) is 0 Å². The van der Waals surface area contributed by atoms with Gasteiger partial charge in [0.2, 0.25) is 0 Å². The van der Waals surface area contributed by atoms with Crippen LogP contribution in [0.15, 0.2) is 18.2 Å². The summed E-state index contributed by atoms with van der Waals surface area (Å²) in [6, 6.07) is 3.52. The lowest BCUT2D eigenvalue weighted by Gasteiger charge is -2.18. The fourth-order valence-corrected chi connectivity index (χ4v) is 1.17. The number of thiol groups is 1. The summed E-state index contributed by atoms with van der Waals surface area (Å²) in [6.45, 7) is 3.51. The van der Waals surface area contributed by atoms with Gasteiger partial charge in [-0.15, -0.1) is 0 Å². The molecule has 0 radical (unpaired) electrons. The molecule has 0 saturated heterocycles. The zero-order valence-electron chi connectivity index (χ0n) is 6.94. The van der Waals surface area contributed by atoms with Crippen LogP contribution in [0.25, 0.3) is 0 Å². The van der Waals surface area contributed by atoms with E-state index in [0.29, 0.717) is 5.56 Å². The predicted molar refractivity (Wildman–Crippen MR) is 48.4 cm³/mol. The fourth-order valence-electron chi connectivity index (χ4n) is 0.986. The van der Waals surface area contributed by atoms with Crippen molar-refractivity contribution in [3.63, 3.8) is 0 Å². The van der Waals surface area contributed by atoms with Gasteiger partial charge in [-0.1, -0.05) is 6.07 Å². The quantitative estimate of drug-likeness (QED) is 0.643. The highest BCUT2D eigenvalue weighted by atomic mass is 32.1. The minimum absolute atomic E-state index is 0.409. The maximum atomic E-state index is 13.1. The first-order chi connectivity index (χ1) is 5.41. The second kappa shape index (κ2) is 3.05. The molecule has 0 unspecified atom stereocenters. The molecule has 0 heterocycles. The molecule has 0 atom stereocenters. The Balaban J connectivity index is 3.19. The van der Waals surface area contributed by atoms with Crippen LogP contribution < -0.4 is 0 Å². The third-order valence-corrected chi connectivity index (χ3v) is 1.83. The number of halogens is 2. The van der Waals surface area contributed by atoms with Crippen LogP contribution in [0.2, 0.25) is 0 Å². The molecule has 0 spiro atoms. The zero-order valence-corrected chi connectivity index (χ0v) is 7.83. The summed E-state index contributed by atoms with van der Waals surface area (Å²) >= 11 is 4.19. The van der Waals surface area contributed by atoms with E-state index in [1.54, 1.807) is 13.8 Å². The molecule has 0 fully saturated rings. The number of hydrogen-bond donors (Lipinski definition) is 1. The van der Waals surface area contributed by atoms with Crippen LogP contribution in [0.5, 0.6) is 0 Å². The van der Waals surface area contributed by atoms with E-state index in [4.69, 9.17) is 0 Å². The SMILES string of the molecule is CC(C)(S)c1ccc(F)cc1F. The zero-order chi connectivity index (χ0) is 9.35. The molecule has 1 aromatic rings. The largest absolute Gasteiger partial charge is 0.207 e. The van der Waals surface area contributed by atoms with E-state index in [9.17, 15) is 8.78 Å². The minimum Gasteiger partial charge on any atom is -0.207 e. The molecule has 12 heavy (non-hydrogen) atoms. The molecule has 0 N–H and O–H groups in total. The van der Waals surface area contributed by atoms with Gasteiger partial charge >= 0.3 is 0 Å². The van der Waals surface area contributed by atoms with E-state index in [2.05, 4.69) is 12.6 Å². The van der Waals surface area contributed by atoms with Gasteiger partial charge in [-0.25, -0.2) is 8.78 Å². The van der Waals surface area contributed by atoms with Crippen LogP contribution in [0.1, 0.15) is 19.4 Å². The van der Waals surface area contributed by atoms with Gasteiger partial charge in [0.05, 0.1) is 0 Å². The molecule has 66 valence electrons.